The summed E-state index contributed by atoms with van der Waals surface area (Å²) in [4.78, 5) is 2.20. The first-order chi connectivity index (χ1) is 4.68. The molecule has 0 amide bonds. The molecule has 0 saturated heterocycles. The molecule has 0 fully saturated rings. The van der Waals surface area contributed by atoms with Crippen LogP contribution >= 0.6 is 0 Å². The van der Waals surface area contributed by atoms with Gasteiger partial charge in [0.1, 0.15) is 0 Å². The van der Waals surface area contributed by atoms with Crippen LogP contribution in [-0.2, 0) is 0 Å². The molecular weight excluding hydrogens is 122 g/mol. The highest BCUT2D eigenvalue weighted by Crippen LogP contribution is 2.00. The summed E-state index contributed by atoms with van der Waals surface area (Å²) in [7, 11) is 2.10. The molecule has 0 spiro atoms. The standard InChI is InChI=1S/C9H19N/c1-5-6-7-8-10(4)9(2)3/h2,5-8H2,1,3-4H3. The maximum Gasteiger partial charge on any atom is 0.0171 e. The second-order valence-electron chi connectivity index (χ2n) is 2.86. The largest absolute Gasteiger partial charge is 0.379 e. The smallest absolute Gasteiger partial charge is 0.0171 e. The quantitative estimate of drug-likeness (QED) is 0.532. The molecule has 0 saturated carbocycles. The minimum atomic E-state index is 1.16. The molecule has 0 aromatic rings. The molecule has 0 aliphatic heterocycles. The zero-order valence-electron chi connectivity index (χ0n) is 7.48. The van der Waals surface area contributed by atoms with E-state index in [1.165, 1.54) is 19.3 Å². The summed E-state index contributed by atoms with van der Waals surface area (Å²) in [5.74, 6) is 0. The highest BCUT2D eigenvalue weighted by Gasteiger charge is 1.93. The first kappa shape index (κ1) is 9.54. The van der Waals surface area contributed by atoms with Crippen LogP contribution in [0.25, 0.3) is 0 Å². The van der Waals surface area contributed by atoms with E-state index in [-0.39, 0.29) is 0 Å². The molecule has 1 heteroatoms. The summed E-state index contributed by atoms with van der Waals surface area (Å²) in [6.07, 6.45) is 3.92. The van der Waals surface area contributed by atoms with Gasteiger partial charge in [-0.2, -0.15) is 0 Å². The predicted molar refractivity (Wildman–Crippen MR) is 47.0 cm³/mol. The Morgan fingerprint density at radius 3 is 2.40 bits per heavy atom. The van der Waals surface area contributed by atoms with Crippen LogP contribution < -0.4 is 0 Å². The van der Waals surface area contributed by atoms with Crippen LogP contribution in [0.3, 0.4) is 0 Å². The molecule has 0 bridgehead atoms. The fourth-order valence-corrected chi connectivity index (χ4v) is 0.790. The molecule has 0 aliphatic rings. The molecule has 1 nitrogen and oxygen atoms in total. The average Bonchev–Trinajstić information content (AvgIpc) is 1.88. The van der Waals surface area contributed by atoms with Crippen molar-refractivity contribution in [2.24, 2.45) is 0 Å². The molecule has 0 aliphatic carbocycles. The van der Waals surface area contributed by atoms with Crippen molar-refractivity contribution < 1.29 is 0 Å². The Morgan fingerprint density at radius 2 is 2.00 bits per heavy atom. The van der Waals surface area contributed by atoms with Crippen LogP contribution in [0, 0.1) is 0 Å². The highest BCUT2D eigenvalue weighted by molar-refractivity contribution is 4.85. The number of rotatable bonds is 5. The van der Waals surface area contributed by atoms with Crippen molar-refractivity contribution in [2.75, 3.05) is 13.6 Å². The van der Waals surface area contributed by atoms with E-state index in [0.29, 0.717) is 0 Å². The van der Waals surface area contributed by atoms with Crippen molar-refractivity contribution in [2.45, 2.75) is 33.1 Å². The number of nitrogens with zero attached hydrogens (tertiary/aromatic N) is 1. The monoisotopic (exact) mass is 141 g/mol. The van der Waals surface area contributed by atoms with Gasteiger partial charge in [0.05, 0.1) is 0 Å². The number of hydrogen-bond acceptors (Lipinski definition) is 1. The number of unbranched alkanes of at least 4 members (excludes halogenated alkanes) is 2. The zero-order chi connectivity index (χ0) is 7.98. The SMILES string of the molecule is C=C(C)N(C)CCCCC. The van der Waals surface area contributed by atoms with Gasteiger partial charge in [0.2, 0.25) is 0 Å². The van der Waals surface area contributed by atoms with E-state index in [9.17, 15) is 0 Å². The minimum Gasteiger partial charge on any atom is -0.379 e. The summed E-state index contributed by atoms with van der Waals surface area (Å²) >= 11 is 0. The van der Waals surface area contributed by atoms with E-state index in [1.807, 2.05) is 6.92 Å². The van der Waals surface area contributed by atoms with E-state index < -0.39 is 0 Å². The fraction of sp³-hybridized carbons (Fsp3) is 0.778. The third kappa shape index (κ3) is 4.42. The van der Waals surface area contributed by atoms with Gasteiger partial charge in [-0.25, -0.2) is 0 Å². The first-order valence-electron chi connectivity index (χ1n) is 4.05. The fourth-order valence-electron chi connectivity index (χ4n) is 0.790. The molecule has 60 valence electrons. The third-order valence-corrected chi connectivity index (χ3v) is 1.75. The highest BCUT2D eigenvalue weighted by atomic mass is 15.1. The molecule has 0 N–H and O–H groups in total. The molecule has 0 unspecified atom stereocenters. The maximum absolute atomic E-state index is 3.86. The summed E-state index contributed by atoms with van der Waals surface area (Å²) in [6, 6.07) is 0. The third-order valence-electron chi connectivity index (χ3n) is 1.75. The van der Waals surface area contributed by atoms with Gasteiger partial charge in [0.15, 0.2) is 0 Å². The lowest BCUT2D eigenvalue weighted by molar-refractivity contribution is 0.404. The van der Waals surface area contributed by atoms with Gasteiger partial charge in [-0.3, -0.25) is 0 Å². The number of hydrogen-bond donors (Lipinski definition) is 0. The molecule has 0 atom stereocenters. The van der Waals surface area contributed by atoms with Gasteiger partial charge in [0.25, 0.3) is 0 Å². The van der Waals surface area contributed by atoms with Crippen LogP contribution in [0.1, 0.15) is 33.1 Å². The van der Waals surface area contributed by atoms with Gasteiger partial charge in [-0.05, 0) is 13.3 Å². The topological polar surface area (TPSA) is 3.24 Å². The molecular formula is C9H19N. The Kier molecular flexibility index (Phi) is 5.09. The van der Waals surface area contributed by atoms with Crippen molar-refractivity contribution in [3.8, 4) is 0 Å². The molecule has 0 aromatic heterocycles. The van der Waals surface area contributed by atoms with Crippen molar-refractivity contribution in [1.29, 1.82) is 0 Å². The Morgan fingerprint density at radius 1 is 1.40 bits per heavy atom. The lowest BCUT2D eigenvalue weighted by Gasteiger charge is -2.17. The molecule has 10 heavy (non-hydrogen) atoms. The minimum absolute atomic E-state index is 1.16. The Labute approximate surface area is 64.7 Å². The van der Waals surface area contributed by atoms with E-state index in [1.54, 1.807) is 0 Å². The molecule has 0 radical (unpaired) electrons. The normalized spacial score (nSPS) is 9.50. The van der Waals surface area contributed by atoms with Gasteiger partial charge >= 0.3 is 0 Å². The van der Waals surface area contributed by atoms with Gasteiger partial charge < -0.3 is 4.90 Å². The van der Waals surface area contributed by atoms with Crippen LogP contribution in [0.4, 0.5) is 0 Å². The Balaban J connectivity index is 3.21. The van der Waals surface area contributed by atoms with Crippen LogP contribution in [0.5, 0.6) is 0 Å². The molecule has 0 aromatic carbocycles. The van der Waals surface area contributed by atoms with Gasteiger partial charge in [0, 0.05) is 19.3 Å². The van der Waals surface area contributed by atoms with Gasteiger partial charge in [-0.15, -0.1) is 0 Å². The second kappa shape index (κ2) is 5.33. The zero-order valence-corrected chi connectivity index (χ0v) is 7.48. The second-order valence-corrected chi connectivity index (χ2v) is 2.86. The first-order valence-corrected chi connectivity index (χ1v) is 4.05. The van der Waals surface area contributed by atoms with Crippen LogP contribution in [0.2, 0.25) is 0 Å². The van der Waals surface area contributed by atoms with E-state index in [0.717, 1.165) is 12.2 Å². The Bertz CT molecular complexity index is 96.9. The average molecular weight is 141 g/mol. The Hall–Kier alpha value is -0.460. The number of allylic oxidation sites excluding steroid dienone is 1. The lowest BCUT2D eigenvalue weighted by atomic mass is 10.2. The lowest BCUT2D eigenvalue weighted by Crippen LogP contribution is -2.16. The molecule has 0 heterocycles. The van der Waals surface area contributed by atoms with E-state index in [4.69, 9.17) is 0 Å². The van der Waals surface area contributed by atoms with Crippen molar-refractivity contribution in [3.63, 3.8) is 0 Å². The van der Waals surface area contributed by atoms with Crippen molar-refractivity contribution in [1.82, 2.24) is 4.90 Å². The summed E-state index contributed by atoms with van der Waals surface area (Å²) in [6.45, 7) is 9.29. The van der Waals surface area contributed by atoms with Crippen molar-refractivity contribution >= 4 is 0 Å². The summed E-state index contributed by atoms with van der Waals surface area (Å²) in [5.41, 5.74) is 1.16. The van der Waals surface area contributed by atoms with E-state index in [2.05, 4.69) is 25.5 Å². The van der Waals surface area contributed by atoms with Crippen LogP contribution in [0.15, 0.2) is 12.3 Å². The molecule has 0 rings (SSSR count). The summed E-state index contributed by atoms with van der Waals surface area (Å²) in [5, 5.41) is 0. The van der Waals surface area contributed by atoms with Crippen LogP contribution in [-0.4, -0.2) is 18.5 Å². The maximum atomic E-state index is 3.86. The van der Waals surface area contributed by atoms with E-state index >= 15 is 0 Å². The summed E-state index contributed by atoms with van der Waals surface area (Å²) < 4.78 is 0. The van der Waals surface area contributed by atoms with Gasteiger partial charge in [-0.1, -0.05) is 26.3 Å². The van der Waals surface area contributed by atoms with Crippen molar-refractivity contribution in [3.05, 3.63) is 12.3 Å². The predicted octanol–water partition coefficient (Wildman–Crippen LogP) is 2.64.